The molecule has 0 saturated heterocycles. The van der Waals surface area contributed by atoms with Crippen LogP contribution in [0.3, 0.4) is 0 Å². The quantitative estimate of drug-likeness (QED) is 0.571. The van der Waals surface area contributed by atoms with E-state index in [2.05, 4.69) is 10.6 Å². The first-order valence-corrected chi connectivity index (χ1v) is 8.59. The van der Waals surface area contributed by atoms with E-state index in [9.17, 15) is 9.59 Å². The molecule has 1 rings (SSSR count). The average molecular weight is 366 g/mol. The van der Waals surface area contributed by atoms with Crippen molar-refractivity contribution in [1.82, 2.24) is 10.6 Å². The maximum atomic E-state index is 12.1. The van der Waals surface area contributed by atoms with Crippen LogP contribution in [0.5, 0.6) is 0 Å². The fourth-order valence-electron chi connectivity index (χ4n) is 2.00. The van der Waals surface area contributed by atoms with Crippen LogP contribution in [-0.4, -0.2) is 41.8 Å². The highest BCUT2D eigenvalue weighted by atomic mass is 32.1. The van der Waals surface area contributed by atoms with E-state index < -0.39 is 23.7 Å². The number of hydrogen-bond acceptors (Lipinski definition) is 5. The van der Waals surface area contributed by atoms with Gasteiger partial charge in [0.05, 0.1) is 17.6 Å². The lowest BCUT2D eigenvalue weighted by Gasteiger charge is -2.24. The molecule has 0 aliphatic rings. The minimum Gasteiger partial charge on any atom is -0.465 e. The van der Waals surface area contributed by atoms with Crippen LogP contribution < -0.4 is 10.6 Å². The van der Waals surface area contributed by atoms with Gasteiger partial charge in [0.2, 0.25) is 0 Å². The summed E-state index contributed by atoms with van der Waals surface area (Å²) in [6.45, 7) is 7.35. The van der Waals surface area contributed by atoms with E-state index >= 15 is 0 Å². The summed E-state index contributed by atoms with van der Waals surface area (Å²) < 4.78 is 10.2. The van der Waals surface area contributed by atoms with E-state index in [1.54, 1.807) is 27.7 Å². The van der Waals surface area contributed by atoms with Crippen molar-refractivity contribution in [3.8, 4) is 0 Å². The second-order valence-corrected chi connectivity index (χ2v) is 6.85. The molecule has 1 amide bonds. The molecule has 138 valence electrons. The number of amides is 1. The van der Waals surface area contributed by atoms with Gasteiger partial charge >= 0.3 is 12.1 Å². The van der Waals surface area contributed by atoms with Gasteiger partial charge in [-0.3, -0.25) is 4.79 Å². The zero-order chi connectivity index (χ0) is 18.9. The van der Waals surface area contributed by atoms with Gasteiger partial charge < -0.3 is 20.1 Å². The van der Waals surface area contributed by atoms with Crippen LogP contribution in [0.4, 0.5) is 4.79 Å². The van der Waals surface area contributed by atoms with Crippen molar-refractivity contribution < 1.29 is 19.1 Å². The zero-order valence-corrected chi connectivity index (χ0v) is 15.9. The highest BCUT2D eigenvalue weighted by molar-refractivity contribution is 7.80. The summed E-state index contributed by atoms with van der Waals surface area (Å²) in [5.74, 6) is -0.402. The van der Waals surface area contributed by atoms with Crippen molar-refractivity contribution >= 4 is 29.3 Å². The van der Waals surface area contributed by atoms with E-state index in [0.29, 0.717) is 18.0 Å². The molecule has 7 heteroatoms. The number of carbonyl (C=O) groups is 2. The summed E-state index contributed by atoms with van der Waals surface area (Å²) in [7, 11) is 0. The van der Waals surface area contributed by atoms with Gasteiger partial charge in [-0.15, -0.1) is 0 Å². The Hall–Kier alpha value is -2.15. The number of carbonyl (C=O) groups excluding carboxylic acids is 2. The summed E-state index contributed by atoms with van der Waals surface area (Å²) in [6.07, 6.45) is -0.0805. The number of hydrogen-bond donors (Lipinski definition) is 2. The standard InChI is InChI=1S/C18H26N2O4S/c1-5-23-15(21)12-19-16(25)14(11-13-9-7-6-8-10-13)20-17(22)24-18(2,3)4/h6-10,14H,5,11-12H2,1-4H3,(H,19,25)(H,20,22)/t14-/m0/s1. The minimum absolute atomic E-state index is 0.0477. The fraction of sp³-hybridized carbons (Fsp3) is 0.500. The number of alkyl carbamates (subject to hydrolysis) is 1. The molecule has 25 heavy (non-hydrogen) atoms. The van der Waals surface area contributed by atoms with Crippen LogP contribution in [0.1, 0.15) is 33.3 Å². The van der Waals surface area contributed by atoms with Gasteiger partial charge in [0, 0.05) is 0 Å². The third kappa shape index (κ3) is 9.05. The lowest BCUT2D eigenvalue weighted by molar-refractivity contribution is -0.141. The lowest BCUT2D eigenvalue weighted by atomic mass is 10.1. The Morgan fingerprint density at radius 3 is 2.40 bits per heavy atom. The van der Waals surface area contributed by atoms with Gasteiger partial charge in [-0.25, -0.2) is 4.79 Å². The van der Waals surface area contributed by atoms with Gasteiger partial charge in [0.25, 0.3) is 0 Å². The molecular weight excluding hydrogens is 340 g/mol. The van der Waals surface area contributed by atoms with E-state index in [4.69, 9.17) is 21.7 Å². The zero-order valence-electron chi connectivity index (χ0n) is 15.1. The third-order valence-electron chi connectivity index (χ3n) is 3.00. The topological polar surface area (TPSA) is 76.7 Å². The van der Waals surface area contributed by atoms with Gasteiger partial charge in [0.15, 0.2) is 0 Å². The normalized spacial score (nSPS) is 12.0. The summed E-state index contributed by atoms with van der Waals surface area (Å²) >= 11 is 5.35. The average Bonchev–Trinajstić information content (AvgIpc) is 2.51. The van der Waals surface area contributed by atoms with E-state index in [1.165, 1.54) is 0 Å². The first-order chi connectivity index (χ1) is 11.7. The number of benzene rings is 1. The predicted molar refractivity (Wildman–Crippen MR) is 101 cm³/mol. The number of thiocarbonyl (C=S) groups is 1. The molecule has 1 atom stereocenters. The molecule has 0 heterocycles. The summed E-state index contributed by atoms with van der Waals surface area (Å²) in [5.41, 5.74) is 0.394. The van der Waals surface area contributed by atoms with Crippen LogP contribution >= 0.6 is 12.2 Å². The molecule has 6 nitrogen and oxygen atoms in total. The fourth-order valence-corrected chi connectivity index (χ4v) is 2.22. The Labute approximate surface area is 154 Å². The second kappa shape index (κ2) is 9.98. The summed E-state index contributed by atoms with van der Waals surface area (Å²) in [6, 6.07) is 9.12. The Morgan fingerprint density at radius 2 is 1.84 bits per heavy atom. The van der Waals surface area contributed by atoms with Crippen LogP contribution in [0, 0.1) is 0 Å². The smallest absolute Gasteiger partial charge is 0.408 e. The van der Waals surface area contributed by atoms with Crippen LogP contribution in [0.2, 0.25) is 0 Å². The number of rotatable bonds is 7. The molecule has 0 bridgehead atoms. The Kier molecular flexibility index (Phi) is 8.34. The van der Waals surface area contributed by atoms with Crippen molar-refractivity contribution in [2.24, 2.45) is 0 Å². The predicted octanol–water partition coefficient (Wildman–Crippen LogP) is 2.60. The van der Waals surface area contributed by atoms with Crippen molar-refractivity contribution in [3.63, 3.8) is 0 Å². The molecule has 1 aromatic carbocycles. The van der Waals surface area contributed by atoms with Gasteiger partial charge in [-0.1, -0.05) is 42.5 Å². The molecule has 0 aromatic heterocycles. The summed E-state index contributed by atoms with van der Waals surface area (Å²) in [4.78, 5) is 23.9. The van der Waals surface area contributed by atoms with Crippen molar-refractivity contribution in [3.05, 3.63) is 35.9 Å². The first kappa shape index (κ1) is 20.9. The molecule has 0 radical (unpaired) electrons. The molecule has 0 aliphatic heterocycles. The van der Waals surface area contributed by atoms with Crippen LogP contribution in [-0.2, 0) is 20.7 Å². The second-order valence-electron chi connectivity index (χ2n) is 6.41. The third-order valence-corrected chi connectivity index (χ3v) is 3.43. The largest absolute Gasteiger partial charge is 0.465 e. The van der Waals surface area contributed by atoms with Gasteiger partial charge in [0.1, 0.15) is 12.1 Å². The van der Waals surface area contributed by atoms with Crippen molar-refractivity contribution in [1.29, 1.82) is 0 Å². The van der Waals surface area contributed by atoms with Crippen LogP contribution in [0.15, 0.2) is 30.3 Å². The molecule has 0 spiro atoms. The number of nitrogens with one attached hydrogen (secondary N) is 2. The monoisotopic (exact) mass is 366 g/mol. The summed E-state index contributed by atoms with van der Waals surface area (Å²) in [5, 5.41) is 5.60. The van der Waals surface area contributed by atoms with Gasteiger partial charge in [-0.05, 0) is 39.7 Å². The molecule has 1 aromatic rings. The van der Waals surface area contributed by atoms with E-state index in [1.807, 2.05) is 30.3 Å². The van der Waals surface area contributed by atoms with Gasteiger partial charge in [-0.2, -0.15) is 0 Å². The molecule has 0 unspecified atom stereocenters. The molecule has 2 N–H and O–H groups in total. The van der Waals surface area contributed by atoms with E-state index in [-0.39, 0.29) is 6.54 Å². The van der Waals surface area contributed by atoms with Crippen molar-refractivity contribution in [2.75, 3.05) is 13.2 Å². The highest BCUT2D eigenvalue weighted by Gasteiger charge is 2.22. The maximum absolute atomic E-state index is 12.1. The Bertz CT molecular complexity index is 584. The molecule has 0 aliphatic carbocycles. The minimum atomic E-state index is -0.610. The molecular formula is C18H26N2O4S. The highest BCUT2D eigenvalue weighted by Crippen LogP contribution is 2.09. The molecule has 0 fully saturated rings. The maximum Gasteiger partial charge on any atom is 0.408 e. The number of ether oxygens (including phenoxy) is 2. The Balaban J connectivity index is 2.74. The SMILES string of the molecule is CCOC(=O)CNC(=S)[C@H](Cc1ccccc1)NC(=O)OC(C)(C)C. The molecule has 0 saturated carbocycles. The first-order valence-electron chi connectivity index (χ1n) is 8.18. The van der Waals surface area contributed by atoms with Crippen molar-refractivity contribution in [2.45, 2.75) is 45.8 Å². The lowest BCUT2D eigenvalue weighted by Crippen LogP contribution is -2.49. The van der Waals surface area contributed by atoms with Crippen LogP contribution in [0.25, 0.3) is 0 Å². The van der Waals surface area contributed by atoms with E-state index in [0.717, 1.165) is 5.56 Å². The number of esters is 1. The Morgan fingerprint density at radius 1 is 1.20 bits per heavy atom.